The van der Waals surface area contributed by atoms with Crippen molar-refractivity contribution in [2.24, 2.45) is 11.3 Å². The van der Waals surface area contributed by atoms with Crippen LogP contribution in [0.4, 0.5) is 5.69 Å². The van der Waals surface area contributed by atoms with Crippen LogP contribution in [0.3, 0.4) is 0 Å². The van der Waals surface area contributed by atoms with Crippen molar-refractivity contribution in [2.75, 3.05) is 24.7 Å². The largest absolute Gasteiger partial charge is 0.341 e. The zero-order chi connectivity index (χ0) is 20.2. The third-order valence-corrected chi connectivity index (χ3v) is 5.33. The third kappa shape index (κ3) is 6.32. The van der Waals surface area contributed by atoms with Crippen molar-refractivity contribution in [2.45, 2.75) is 39.7 Å². The van der Waals surface area contributed by atoms with Gasteiger partial charge in [-0.3, -0.25) is 9.59 Å². The fourth-order valence-corrected chi connectivity index (χ4v) is 4.00. The van der Waals surface area contributed by atoms with Crippen molar-refractivity contribution in [1.29, 1.82) is 0 Å². The number of likely N-dealkylation sites (tertiary alicyclic amines) is 1. The van der Waals surface area contributed by atoms with Crippen LogP contribution < -0.4 is 10.0 Å². The van der Waals surface area contributed by atoms with Crippen LogP contribution in [0.5, 0.6) is 0 Å². The van der Waals surface area contributed by atoms with Gasteiger partial charge in [0.15, 0.2) is 0 Å². The number of piperidine rings is 1. The molecule has 2 rings (SSSR count). The maximum atomic E-state index is 12.9. The van der Waals surface area contributed by atoms with Gasteiger partial charge in [0.1, 0.15) is 6.04 Å². The number of para-hydroxylation sites is 1. The number of carbonyl (C=O) groups excluding carboxylic acids is 2. The molecule has 1 heterocycles. The molecular formula is C19H29N3O4S. The lowest BCUT2D eigenvalue weighted by atomic mass is 9.85. The molecule has 0 unspecified atom stereocenters. The van der Waals surface area contributed by atoms with Crippen molar-refractivity contribution in [3.8, 4) is 0 Å². The molecule has 1 saturated heterocycles. The van der Waals surface area contributed by atoms with Crippen LogP contribution in [-0.4, -0.2) is 50.5 Å². The van der Waals surface area contributed by atoms with E-state index in [-0.39, 0.29) is 17.7 Å². The smallest absolute Gasteiger partial charge is 0.241 e. The molecule has 27 heavy (non-hydrogen) atoms. The lowest BCUT2D eigenvalue weighted by molar-refractivity contribution is -0.138. The number of rotatable bonds is 5. The fraction of sp³-hybridized carbons (Fsp3) is 0.579. The summed E-state index contributed by atoms with van der Waals surface area (Å²) >= 11 is 0. The van der Waals surface area contributed by atoms with Crippen molar-refractivity contribution < 1.29 is 18.0 Å². The monoisotopic (exact) mass is 395 g/mol. The second-order valence-corrected chi connectivity index (χ2v) is 9.92. The molecule has 2 amide bonds. The van der Waals surface area contributed by atoms with Gasteiger partial charge in [-0.15, -0.1) is 0 Å². The highest BCUT2D eigenvalue weighted by Gasteiger charge is 2.38. The summed E-state index contributed by atoms with van der Waals surface area (Å²) in [6.07, 6.45) is 2.17. The zero-order valence-electron chi connectivity index (χ0n) is 16.4. The summed E-state index contributed by atoms with van der Waals surface area (Å²) in [5.74, 6) is -0.449. The molecule has 1 atom stereocenters. The first-order chi connectivity index (χ1) is 12.5. The predicted octanol–water partition coefficient (Wildman–Crippen LogP) is 1.83. The zero-order valence-corrected chi connectivity index (χ0v) is 17.2. The van der Waals surface area contributed by atoms with E-state index < -0.39 is 21.5 Å². The Bertz CT molecular complexity index is 764. The molecule has 150 valence electrons. The topological polar surface area (TPSA) is 95.6 Å². The summed E-state index contributed by atoms with van der Waals surface area (Å²) in [7, 11) is -3.51. The number of sulfonamides is 1. The van der Waals surface area contributed by atoms with E-state index in [1.165, 1.54) is 0 Å². The average Bonchev–Trinajstić information content (AvgIpc) is 2.58. The van der Waals surface area contributed by atoms with Gasteiger partial charge in [-0.1, -0.05) is 39.0 Å². The Morgan fingerprint density at radius 2 is 1.67 bits per heavy atom. The number of nitrogens with zero attached hydrogens (tertiary/aromatic N) is 1. The maximum absolute atomic E-state index is 12.9. The highest BCUT2D eigenvalue weighted by atomic mass is 32.2. The summed E-state index contributed by atoms with van der Waals surface area (Å²) in [6.45, 7) is 6.35. The molecule has 1 aromatic rings. The molecule has 1 aliphatic heterocycles. The SMILES string of the molecule is CC(C)(C)[C@H](NS(C)(=O)=O)C(=O)N1CCC(C(=O)Nc2ccccc2)CC1. The van der Waals surface area contributed by atoms with E-state index in [0.29, 0.717) is 25.9 Å². The van der Waals surface area contributed by atoms with E-state index >= 15 is 0 Å². The lowest BCUT2D eigenvalue weighted by Crippen LogP contribution is -2.56. The molecule has 1 aliphatic rings. The van der Waals surface area contributed by atoms with Crippen LogP contribution in [0.1, 0.15) is 33.6 Å². The first kappa shape index (κ1) is 21.4. The highest BCUT2D eigenvalue weighted by Crippen LogP contribution is 2.25. The Hall–Kier alpha value is -1.93. The minimum atomic E-state index is -3.51. The fourth-order valence-electron chi connectivity index (χ4n) is 3.12. The van der Waals surface area contributed by atoms with E-state index in [0.717, 1.165) is 11.9 Å². The van der Waals surface area contributed by atoms with Crippen molar-refractivity contribution in [3.05, 3.63) is 30.3 Å². The summed E-state index contributed by atoms with van der Waals surface area (Å²) in [5.41, 5.74) is 0.202. The number of anilines is 1. The number of hydrogen-bond acceptors (Lipinski definition) is 4. The van der Waals surface area contributed by atoms with Gasteiger partial charge in [0.25, 0.3) is 0 Å². The molecule has 0 bridgehead atoms. The minimum Gasteiger partial charge on any atom is -0.341 e. The Labute approximate surface area is 161 Å². The van der Waals surface area contributed by atoms with E-state index in [1.807, 2.05) is 51.1 Å². The number of benzene rings is 1. The number of hydrogen-bond donors (Lipinski definition) is 2. The molecule has 8 heteroatoms. The van der Waals surface area contributed by atoms with E-state index in [4.69, 9.17) is 0 Å². The van der Waals surface area contributed by atoms with Crippen LogP contribution in [-0.2, 0) is 19.6 Å². The molecule has 0 aliphatic carbocycles. The van der Waals surface area contributed by atoms with Gasteiger partial charge < -0.3 is 10.2 Å². The summed E-state index contributed by atoms with van der Waals surface area (Å²) in [6, 6.07) is 8.44. The van der Waals surface area contributed by atoms with Crippen molar-refractivity contribution >= 4 is 27.5 Å². The molecule has 0 saturated carbocycles. The van der Waals surface area contributed by atoms with Crippen LogP contribution in [0.15, 0.2) is 30.3 Å². The molecule has 1 fully saturated rings. The van der Waals surface area contributed by atoms with Crippen LogP contribution in [0, 0.1) is 11.3 Å². The molecule has 1 aromatic carbocycles. The van der Waals surface area contributed by atoms with Crippen molar-refractivity contribution in [1.82, 2.24) is 9.62 Å². The van der Waals surface area contributed by atoms with Gasteiger partial charge in [-0.05, 0) is 30.4 Å². The van der Waals surface area contributed by atoms with Crippen molar-refractivity contribution in [3.63, 3.8) is 0 Å². The first-order valence-electron chi connectivity index (χ1n) is 9.09. The number of carbonyl (C=O) groups is 2. The Morgan fingerprint density at radius 1 is 1.11 bits per heavy atom. The van der Waals surface area contributed by atoms with Crippen LogP contribution >= 0.6 is 0 Å². The summed E-state index contributed by atoms with van der Waals surface area (Å²) in [4.78, 5) is 27.0. The molecule has 0 spiro atoms. The second-order valence-electron chi connectivity index (χ2n) is 8.14. The van der Waals surface area contributed by atoms with E-state index in [1.54, 1.807) is 4.90 Å². The van der Waals surface area contributed by atoms with Gasteiger partial charge in [0.05, 0.1) is 6.26 Å². The maximum Gasteiger partial charge on any atom is 0.241 e. The average molecular weight is 396 g/mol. The van der Waals surface area contributed by atoms with Gasteiger partial charge in [0, 0.05) is 24.7 Å². The van der Waals surface area contributed by atoms with Gasteiger partial charge in [0.2, 0.25) is 21.8 Å². The van der Waals surface area contributed by atoms with Gasteiger partial charge in [-0.25, -0.2) is 13.1 Å². The molecule has 0 radical (unpaired) electrons. The first-order valence-corrected chi connectivity index (χ1v) is 11.0. The quantitative estimate of drug-likeness (QED) is 0.795. The Balaban J connectivity index is 1.97. The Kier molecular flexibility index (Phi) is 6.64. The molecular weight excluding hydrogens is 366 g/mol. The second kappa shape index (κ2) is 8.39. The molecule has 0 aromatic heterocycles. The highest BCUT2D eigenvalue weighted by molar-refractivity contribution is 7.88. The van der Waals surface area contributed by atoms with E-state index in [2.05, 4.69) is 10.0 Å². The normalized spacial score (nSPS) is 17.4. The van der Waals surface area contributed by atoms with Gasteiger partial charge >= 0.3 is 0 Å². The van der Waals surface area contributed by atoms with Gasteiger partial charge in [-0.2, -0.15) is 0 Å². The van der Waals surface area contributed by atoms with E-state index in [9.17, 15) is 18.0 Å². The predicted molar refractivity (Wildman–Crippen MR) is 106 cm³/mol. The Morgan fingerprint density at radius 3 is 2.15 bits per heavy atom. The molecule has 2 N–H and O–H groups in total. The van der Waals surface area contributed by atoms with Crippen LogP contribution in [0.25, 0.3) is 0 Å². The summed E-state index contributed by atoms with van der Waals surface area (Å²) < 4.78 is 25.8. The number of amides is 2. The van der Waals surface area contributed by atoms with Crippen LogP contribution in [0.2, 0.25) is 0 Å². The molecule has 7 nitrogen and oxygen atoms in total. The standard InChI is InChI=1S/C19H29N3O4S/c1-19(2,3)16(21-27(4,25)26)18(24)22-12-10-14(11-13-22)17(23)20-15-8-6-5-7-9-15/h5-9,14,16,21H,10-13H2,1-4H3,(H,20,23)/t16-/m1/s1. The lowest BCUT2D eigenvalue weighted by Gasteiger charge is -2.37. The number of nitrogens with one attached hydrogen (secondary N) is 2. The summed E-state index contributed by atoms with van der Waals surface area (Å²) in [5, 5.41) is 2.90. The third-order valence-electron chi connectivity index (χ3n) is 4.66. The minimum absolute atomic E-state index is 0.0464.